The molecule has 0 bridgehead atoms. The molecule has 1 aromatic rings. The van der Waals surface area contributed by atoms with Crippen molar-refractivity contribution in [1.82, 2.24) is 13.7 Å². The number of nitrogens with zero attached hydrogens (tertiary/aromatic N) is 3. The first kappa shape index (κ1) is 20.0. The quantitative estimate of drug-likeness (QED) is 0.411. The van der Waals surface area contributed by atoms with Crippen LogP contribution in [0.2, 0.25) is 6.04 Å². The Labute approximate surface area is 140 Å². The molecular weight excluding hydrogens is 334 g/mol. The molecule has 1 heterocycles. The Morgan fingerprint density at radius 2 is 1.21 bits per heavy atom. The predicted molar refractivity (Wildman–Crippen MR) is 91.2 cm³/mol. The second kappa shape index (κ2) is 8.73. The van der Waals surface area contributed by atoms with E-state index in [-0.39, 0.29) is 25.7 Å². The largest absolute Gasteiger partial charge is 0.501 e. The van der Waals surface area contributed by atoms with Gasteiger partial charge in [-0.1, -0.05) is 12.2 Å². The van der Waals surface area contributed by atoms with Crippen LogP contribution in [0.1, 0.15) is 0 Å². The summed E-state index contributed by atoms with van der Waals surface area (Å²) < 4.78 is 18.7. The van der Waals surface area contributed by atoms with Gasteiger partial charge in [0, 0.05) is 33.9 Å². The Balaban J connectivity index is 3.44. The third kappa shape index (κ3) is 3.90. The second-order valence-electron chi connectivity index (χ2n) is 4.84. The first-order chi connectivity index (χ1) is 11.4. The number of aromatic nitrogens is 3. The van der Waals surface area contributed by atoms with Crippen LogP contribution in [0.5, 0.6) is 0 Å². The first-order valence-electron chi connectivity index (χ1n) is 7.23. The molecule has 0 amide bonds. The Morgan fingerprint density at radius 3 is 1.54 bits per heavy atom. The Bertz CT molecular complexity index is 703. The molecule has 0 aliphatic heterocycles. The van der Waals surface area contributed by atoms with Crippen LogP contribution >= 0.6 is 0 Å². The molecule has 1 rings (SSSR count). The molecule has 0 spiro atoms. The van der Waals surface area contributed by atoms with Crippen molar-refractivity contribution < 1.29 is 13.3 Å². The topological polar surface area (TPSA) is 93.7 Å². The van der Waals surface area contributed by atoms with E-state index in [2.05, 4.69) is 13.2 Å². The van der Waals surface area contributed by atoms with Crippen LogP contribution in [0.25, 0.3) is 0 Å². The van der Waals surface area contributed by atoms with Crippen LogP contribution in [0.3, 0.4) is 0 Å². The normalized spacial score (nSPS) is 11.5. The molecule has 0 fully saturated rings. The third-order valence-corrected chi connectivity index (χ3v) is 6.29. The summed E-state index contributed by atoms with van der Waals surface area (Å²) in [7, 11) is 1.36. The van der Waals surface area contributed by atoms with E-state index >= 15 is 0 Å². The van der Waals surface area contributed by atoms with E-state index < -0.39 is 25.9 Å². The molecule has 0 aliphatic carbocycles. The summed E-state index contributed by atoms with van der Waals surface area (Å²) in [6, 6.07) is 0.200. The van der Waals surface area contributed by atoms with Crippen LogP contribution < -0.4 is 17.1 Å². The fourth-order valence-electron chi connectivity index (χ4n) is 2.25. The lowest BCUT2D eigenvalue weighted by molar-refractivity contribution is 0.121. The Morgan fingerprint density at radius 1 is 0.833 bits per heavy atom. The zero-order chi connectivity index (χ0) is 18.3. The molecule has 0 aliphatic rings. The molecule has 9 nitrogen and oxygen atoms in total. The minimum absolute atomic E-state index is 0.00348. The lowest BCUT2D eigenvalue weighted by Crippen LogP contribution is -2.55. The second-order valence-corrected chi connectivity index (χ2v) is 7.93. The van der Waals surface area contributed by atoms with Gasteiger partial charge in [0.25, 0.3) is 0 Å². The Hall–Kier alpha value is -2.01. The van der Waals surface area contributed by atoms with Gasteiger partial charge in [-0.15, -0.1) is 13.2 Å². The van der Waals surface area contributed by atoms with Gasteiger partial charge < -0.3 is 13.3 Å². The summed E-state index contributed by atoms with van der Waals surface area (Å²) in [5.74, 6) is 0. The van der Waals surface area contributed by atoms with E-state index in [1.165, 1.54) is 33.5 Å². The lowest BCUT2D eigenvalue weighted by Gasteiger charge is -2.24. The van der Waals surface area contributed by atoms with Crippen molar-refractivity contribution in [2.75, 3.05) is 21.3 Å². The maximum Gasteiger partial charge on any atom is 0.501 e. The van der Waals surface area contributed by atoms with Gasteiger partial charge in [-0.05, 0) is 0 Å². The van der Waals surface area contributed by atoms with E-state index in [1.807, 2.05) is 0 Å². The van der Waals surface area contributed by atoms with Crippen LogP contribution in [0.4, 0.5) is 0 Å². The predicted octanol–water partition coefficient (Wildman–Crippen LogP) is -0.578. The summed E-state index contributed by atoms with van der Waals surface area (Å²) in [5, 5.41) is 0. The number of hydrogen-bond acceptors (Lipinski definition) is 6. The minimum Gasteiger partial charge on any atom is -0.377 e. The molecule has 0 saturated carbocycles. The van der Waals surface area contributed by atoms with E-state index in [4.69, 9.17) is 13.3 Å². The van der Waals surface area contributed by atoms with Crippen molar-refractivity contribution in [3.8, 4) is 0 Å². The molecule has 24 heavy (non-hydrogen) atoms. The van der Waals surface area contributed by atoms with Gasteiger partial charge in [0.2, 0.25) is 0 Å². The molecule has 0 saturated heterocycles. The number of rotatable bonds is 10. The zero-order valence-electron chi connectivity index (χ0n) is 14.2. The summed E-state index contributed by atoms with van der Waals surface area (Å²) in [6.45, 7) is 7.03. The molecule has 10 heteroatoms. The summed E-state index contributed by atoms with van der Waals surface area (Å²) in [4.78, 5) is 37.2. The highest BCUT2D eigenvalue weighted by molar-refractivity contribution is 6.60. The molecule has 1 aromatic heterocycles. The highest BCUT2D eigenvalue weighted by atomic mass is 28.4. The molecule has 0 unspecified atom stereocenters. The fourth-order valence-corrected chi connectivity index (χ4v) is 3.86. The van der Waals surface area contributed by atoms with Crippen molar-refractivity contribution >= 4 is 8.80 Å². The van der Waals surface area contributed by atoms with Crippen molar-refractivity contribution in [1.29, 1.82) is 0 Å². The summed E-state index contributed by atoms with van der Waals surface area (Å²) in [5.41, 5.74) is -2.12. The van der Waals surface area contributed by atoms with Crippen LogP contribution in [0.15, 0.2) is 39.7 Å². The van der Waals surface area contributed by atoms with Gasteiger partial charge in [0.15, 0.2) is 0 Å². The van der Waals surface area contributed by atoms with Crippen LogP contribution in [0, 0.1) is 0 Å². The maximum absolute atomic E-state index is 12.5. The number of hydrogen-bond donors (Lipinski definition) is 0. The van der Waals surface area contributed by atoms with Gasteiger partial charge in [-0.2, -0.15) is 0 Å². The van der Waals surface area contributed by atoms with E-state index in [9.17, 15) is 14.4 Å². The molecular formula is C14H23N3O6Si. The molecule has 0 atom stereocenters. The third-order valence-electron chi connectivity index (χ3n) is 3.58. The van der Waals surface area contributed by atoms with Gasteiger partial charge >= 0.3 is 25.9 Å². The molecule has 0 aromatic carbocycles. The minimum atomic E-state index is -2.97. The zero-order valence-corrected chi connectivity index (χ0v) is 15.2. The summed E-state index contributed by atoms with van der Waals surface area (Å²) >= 11 is 0. The Kier molecular flexibility index (Phi) is 7.29. The average Bonchev–Trinajstić information content (AvgIpc) is 2.59. The highest BCUT2D eigenvalue weighted by Crippen LogP contribution is 2.12. The van der Waals surface area contributed by atoms with Crippen LogP contribution in [-0.2, 0) is 32.9 Å². The van der Waals surface area contributed by atoms with Gasteiger partial charge in [0.1, 0.15) is 0 Å². The van der Waals surface area contributed by atoms with E-state index in [1.54, 1.807) is 0 Å². The number of allylic oxidation sites excluding steroid dienone is 2. The van der Waals surface area contributed by atoms with Crippen molar-refractivity contribution in [3.63, 3.8) is 0 Å². The van der Waals surface area contributed by atoms with Crippen molar-refractivity contribution in [2.45, 2.75) is 25.7 Å². The standard InChI is InChI=1S/C14H23N3O6Si/c1-6-8-15-12(18)16(9-7-2)14(20)17(13(15)19)10-11-24(21-3,22-4)23-5/h6-7H,1-2,8-11H2,3-5H3. The van der Waals surface area contributed by atoms with Crippen LogP contribution in [-0.4, -0.2) is 43.8 Å². The molecule has 134 valence electrons. The lowest BCUT2D eigenvalue weighted by atomic mass is 10.5. The molecule has 0 N–H and O–H groups in total. The first-order valence-corrected chi connectivity index (χ1v) is 9.16. The summed E-state index contributed by atoms with van der Waals surface area (Å²) in [6.07, 6.45) is 2.82. The van der Waals surface area contributed by atoms with Gasteiger partial charge in [-0.3, -0.25) is 0 Å². The van der Waals surface area contributed by atoms with Gasteiger partial charge in [0.05, 0.1) is 13.1 Å². The van der Waals surface area contributed by atoms with Crippen molar-refractivity contribution in [3.05, 3.63) is 56.8 Å². The van der Waals surface area contributed by atoms with E-state index in [0.29, 0.717) is 0 Å². The monoisotopic (exact) mass is 357 g/mol. The average molecular weight is 357 g/mol. The van der Waals surface area contributed by atoms with Gasteiger partial charge in [-0.25, -0.2) is 28.1 Å². The maximum atomic E-state index is 12.5. The van der Waals surface area contributed by atoms with Crippen molar-refractivity contribution in [2.24, 2.45) is 0 Å². The highest BCUT2D eigenvalue weighted by Gasteiger charge is 2.37. The van der Waals surface area contributed by atoms with E-state index in [0.717, 1.165) is 13.7 Å². The SMILES string of the molecule is C=CCn1c(=O)n(CC=C)c(=O)n(CC[Si](OC)(OC)OC)c1=O. The fraction of sp³-hybridized carbons (Fsp3) is 0.500. The smallest absolute Gasteiger partial charge is 0.377 e. The molecule has 0 radical (unpaired) electrons.